The first-order valence-corrected chi connectivity index (χ1v) is 4.92. The summed E-state index contributed by atoms with van der Waals surface area (Å²) in [6, 6.07) is 0. The topological polar surface area (TPSA) is 150 Å². The summed E-state index contributed by atoms with van der Waals surface area (Å²) >= 11 is 0. The van der Waals surface area contributed by atoms with E-state index in [9.17, 15) is 10.2 Å². The van der Waals surface area contributed by atoms with E-state index in [0.29, 0.717) is 0 Å². The first kappa shape index (κ1) is 14.8. The Morgan fingerprint density at radius 3 is 2.61 bits per heavy atom. The van der Waals surface area contributed by atoms with Crippen molar-refractivity contribution in [3.05, 3.63) is 12.2 Å². The lowest BCUT2D eigenvalue weighted by molar-refractivity contribution is -0.0588. The van der Waals surface area contributed by atoms with Crippen LogP contribution in [-0.4, -0.2) is 60.8 Å². The number of aromatic nitrogens is 3. The first-order chi connectivity index (χ1) is 8.04. The average Bonchev–Trinajstić information content (AvgIpc) is 2.87. The Hall–Kier alpha value is -1.26. The SMILES string of the molecule is Cl.N=C(N)c1ncn([C@@H]2O[C@H](CO)C(O)C2O)n1. The molecule has 102 valence electrons. The third-order valence-electron chi connectivity index (χ3n) is 2.53. The van der Waals surface area contributed by atoms with Gasteiger partial charge in [-0.2, -0.15) is 0 Å². The number of amidine groups is 1. The van der Waals surface area contributed by atoms with Crippen molar-refractivity contribution in [1.82, 2.24) is 14.8 Å². The fourth-order valence-corrected chi connectivity index (χ4v) is 1.62. The van der Waals surface area contributed by atoms with E-state index >= 15 is 0 Å². The van der Waals surface area contributed by atoms with Gasteiger partial charge in [0.25, 0.3) is 0 Å². The third kappa shape index (κ3) is 2.44. The number of rotatable bonds is 3. The molecule has 0 radical (unpaired) electrons. The summed E-state index contributed by atoms with van der Waals surface area (Å²) in [4.78, 5) is 3.74. The monoisotopic (exact) mass is 279 g/mol. The van der Waals surface area contributed by atoms with Crippen molar-refractivity contribution in [1.29, 1.82) is 5.41 Å². The van der Waals surface area contributed by atoms with Crippen LogP contribution in [0.3, 0.4) is 0 Å². The molecule has 9 nitrogen and oxygen atoms in total. The smallest absolute Gasteiger partial charge is 0.215 e. The van der Waals surface area contributed by atoms with Crippen LogP contribution in [0.15, 0.2) is 6.33 Å². The van der Waals surface area contributed by atoms with Crippen LogP contribution < -0.4 is 5.73 Å². The molecule has 1 aliphatic rings. The molecule has 1 aromatic heterocycles. The number of nitrogen functional groups attached to an aromatic ring is 1. The van der Waals surface area contributed by atoms with Gasteiger partial charge in [0, 0.05) is 0 Å². The number of hydrogen-bond acceptors (Lipinski definition) is 7. The number of aliphatic hydroxyl groups is 3. The Bertz CT molecular complexity index is 427. The van der Waals surface area contributed by atoms with Gasteiger partial charge in [0.15, 0.2) is 12.1 Å². The van der Waals surface area contributed by atoms with Gasteiger partial charge >= 0.3 is 0 Å². The zero-order valence-corrected chi connectivity index (χ0v) is 9.99. The largest absolute Gasteiger partial charge is 0.394 e. The number of aliphatic hydroxyl groups excluding tert-OH is 3. The lowest BCUT2D eigenvalue weighted by Crippen LogP contribution is -2.33. The van der Waals surface area contributed by atoms with Gasteiger partial charge in [-0.15, -0.1) is 17.5 Å². The van der Waals surface area contributed by atoms with Gasteiger partial charge in [-0.1, -0.05) is 0 Å². The van der Waals surface area contributed by atoms with E-state index in [4.69, 9.17) is 21.0 Å². The van der Waals surface area contributed by atoms with E-state index in [1.165, 1.54) is 6.33 Å². The highest BCUT2D eigenvalue weighted by Crippen LogP contribution is 2.28. The minimum atomic E-state index is -1.23. The van der Waals surface area contributed by atoms with E-state index < -0.39 is 31.1 Å². The number of ether oxygens (including phenoxy) is 1. The molecule has 0 aliphatic carbocycles. The maximum atomic E-state index is 9.70. The average molecular weight is 280 g/mol. The van der Waals surface area contributed by atoms with Crippen LogP contribution in [0, 0.1) is 5.41 Å². The number of halogens is 1. The van der Waals surface area contributed by atoms with Crippen LogP contribution in [0.25, 0.3) is 0 Å². The maximum absolute atomic E-state index is 9.70. The van der Waals surface area contributed by atoms with E-state index in [0.717, 1.165) is 4.68 Å². The summed E-state index contributed by atoms with van der Waals surface area (Å²) in [6.45, 7) is -0.414. The Morgan fingerprint density at radius 1 is 1.50 bits per heavy atom. The lowest BCUT2D eigenvalue weighted by atomic mass is 10.1. The molecule has 0 spiro atoms. The standard InChI is InChI=1S/C8H13N5O4.ClH/c9-6(10)7-11-2-13(12-7)8-5(16)4(15)3(1-14)17-8;/h2-5,8,14-16H,1H2,(H3,9,10);1H/t3-,4?,5?,8-;/m1./s1. The summed E-state index contributed by atoms with van der Waals surface area (Å²) in [5.41, 5.74) is 5.19. The van der Waals surface area contributed by atoms with Crippen molar-refractivity contribution in [2.75, 3.05) is 6.61 Å². The van der Waals surface area contributed by atoms with E-state index in [1.807, 2.05) is 0 Å². The molecule has 0 aromatic carbocycles. The second kappa shape index (κ2) is 5.59. The molecule has 0 saturated carbocycles. The van der Waals surface area contributed by atoms with Crippen molar-refractivity contribution in [2.24, 2.45) is 5.73 Å². The fourth-order valence-electron chi connectivity index (χ4n) is 1.62. The molecule has 2 unspecified atom stereocenters. The highest BCUT2D eigenvalue weighted by molar-refractivity contribution is 5.90. The Labute approximate surface area is 108 Å². The van der Waals surface area contributed by atoms with Crippen molar-refractivity contribution < 1.29 is 20.1 Å². The normalized spacial score (nSPS) is 31.1. The molecule has 0 bridgehead atoms. The van der Waals surface area contributed by atoms with Gasteiger partial charge in [-0.05, 0) is 0 Å². The third-order valence-corrected chi connectivity index (χ3v) is 2.53. The first-order valence-electron chi connectivity index (χ1n) is 4.92. The zero-order chi connectivity index (χ0) is 12.6. The molecule has 18 heavy (non-hydrogen) atoms. The molecular formula is C8H14ClN5O4. The Morgan fingerprint density at radius 2 is 2.17 bits per heavy atom. The van der Waals surface area contributed by atoms with E-state index in [-0.39, 0.29) is 24.1 Å². The molecule has 1 fully saturated rings. The van der Waals surface area contributed by atoms with E-state index in [1.54, 1.807) is 0 Å². The van der Waals surface area contributed by atoms with Gasteiger partial charge in [-0.3, -0.25) is 5.41 Å². The van der Waals surface area contributed by atoms with Crippen molar-refractivity contribution >= 4 is 18.2 Å². The molecule has 1 saturated heterocycles. The Kier molecular flexibility index (Phi) is 4.59. The number of nitrogens with one attached hydrogen (secondary N) is 1. The summed E-state index contributed by atoms with van der Waals surface area (Å²) < 4.78 is 6.37. The van der Waals surface area contributed by atoms with Crippen LogP contribution in [0.1, 0.15) is 12.1 Å². The lowest BCUT2D eigenvalue weighted by Gasteiger charge is -2.13. The molecular weight excluding hydrogens is 266 g/mol. The summed E-state index contributed by atoms with van der Waals surface area (Å²) in [7, 11) is 0. The quantitative estimate of drug-likeness (QED) is 0.305. The predicted octanol–water partition coefficient (Wildman–Crippen LogP) is -2.40. The van der Waals surface area contributed by atoms with Crippen LogP contribution in [0.2, 0.25) is 0 Å². The molecule has 0 amide bonds. The predicted molar refractivity (Wildman–Crippen MR) is 61.3 cm³/mol. The van der Waals surface area contributed by atoms with Crippen LogP contribution in [-0.2, 0) is 4.74 Å². The van der Waals surface area contributed by atoms with Crippen molar-refractivity contribution in [2.45, 2.75) is 24.5 Å². The summed E-state index contributed by atoms with van der Waals surface area (Å²) in [5.74, 6) is -0.307. The number of nitrogens with zero attached hydrogens (tertiary/aromatic N) is 3. The highest BCUT2D eigenvalue weighted by atomic mass is 35.5. The molecule has 1 aromatic rings. The van der Waals surface area contributed by atoms with Crippen molar-refractivity contribution in [3.8, 4) is 0 Å². The van der Waals surface area contributed by atoms with Crippen molar-refractivity contribution in [3.63, 3.8) is 0 Å². The van der Waals surface area contributed by atoms with Gasteiger partial charge in [-0.25, -0.2) is 9.67 Å². The highest BCUT2D eigenvalue weighted by Gasteiger charge is 2.43. The van der Waals surface area contributed by atoms with E-state index in [2.05, 4.69) is 10.1 Å². The molecule has 10 heteroatoms. The second-order valence-corrected chi connectivity index (χ2v) is 3.69. The Balaban J connectivity index is 0.00000162. The molecule has 4 atom stereocenters. The summed E-state index contributed by atoms with van der Waals surface area (Å²) in [5, 5.41) is 39.1. The molecule has 2 heterocycles. The van der Waals surface area contributed by atoms with Gasteiger partial charge in [0.05, 0.1) is 6.61 Å². The van der Waals surface area contributed by atoms with Crippen LogP contribution >= 0.6 is 12.4 Å². The minimum absolute atomic E-state index is 0. The van der Waals surface area contributed by atoms with Gasteiger partial charge in [0.2, 0.25) is 5.82 Å². The molecule has 2 rings (SSSR count). The molecule has 1 aliphatic heterocycles. The minimum Gasteiger partial charge on any atom is -0.394 e. The number of hydrogen-bond donors (Lipinski definition) is 5. The van der Waals surface area contributed by atoms with Gasteiger partial charge in [0.1, 0.15) is 24.6 Å². The summed E-state index contributed by atoms with van der Waals surface area (Å²) in [6.07, 6.45) is -3.02. The van der Waals surface area contributed by atoms with Gasteiger partial charge < -0.3 is 25.8 Å². The molecule has 6 N–H and O–H groups in total. The van der Waals surface area contributed by atoms with Crippen LogP contribution in [0.5, 0.6) is 0 Å². The second-order valence-electron chi connectivity index (χ2n) is 3.69. The number of nitrogens with two attached hydrogens (primary N) is 1. The van der Waals surface area contributed by atoms with Crippen LogP contribution in [0.4, 0.5) is 0 Å². The fraction of sp³-hybridized carbons (Fsp3) is 0.625. The zero-order valence-electron chi connectivity index (χ0n) is 9.17. The maximum Gasteiger partial charge on any atom is 0.215 e.